The number of ether oxygens (including phenoxy) is 3. The molecular weight excluding hydrogens is 328 g/mol. The molecule has 5 rings (SSSR count). The SMILES string of the molecule is C=C(C)C(=O)OC12CC3CC(CC(OCC4(CCCC)CCO4)(C3)C1)C2. The van der Waals surface area contributed by atoms with Gasteiger partial charge in [-0.05, 0) is 57.3 Å². The van der Waals surface area contributed by atoms with Crippen molar-refractivity contribution in [2.24, 2.45) is 11.8 Å². The van der Waals surface area contributed by atoms with Crippen LogP contribution in [0.3, 0.4) is 0 Å². The normalized spacial score (nSPS) is 43.2. The lowest BCUT2D eigenvalue weighted by Gasteiger charge is -2.61. The Morgan fingerprint density at radius 2 is 1.85 bits per heavy atom. The molecule has 4 nitrogen and oxygen atoms in total. The molecule has 3 unspecified atom stereocenters. The highest BCUT2D eigenvalue weighted by atomic mass is 16.6. The van der Waals surface area contributed by atoms with Gasteiger partial charge in [-0.3, -0.25) is 0 Å². The van der Waals surface area contributed by atoms with E-state index < -0.39 is 0 Å². The molecule has 4 aliphatic carbocycles. The highest BCUT2D eigenvalue weighted by Gasteiger charge is 2.61. The van der Waals surface area contributed by atoms with Crippen LogP contribution in [-0.2, 0) is 19.0 Å². The van der Waals surface area contributed by atoms with E-state index in [1.54, 1.807) is 6.92 Å². The summed E-state index contributed by atoms with van der Waals surface area (Å²) in [4.78, 5) is 12.2. The van der Waals surface area contributed by atoms with Crippen LogP contribution < -0.4 is 0 Å². The molecule has 5 fully saturated rings. The standard InChI is InChI=1S/C22H34O4/c1-4-5-6-20(7-8-24-20)15-25-21-10-17-9-18(11-21)13-22(12-17,14-21)26-19(23)16(2)3/h17-18H,2,4-15H2,1,3H3. The molecule has 1 aliphatic heterocycles. The first-order valence-corrected chi connectivity index (χ1v) is 10.5. The van der Waals surface area contributed by atoms with Gasteiger partial charge in [-0.1, -0.05) is 26.3 Å². The summed E-state index contributed by atoms with van der Waals surface area (Å²) in [6.45, 7) is 9.30. The highest BCUT2D eigenvalue weighted by Crippen LogP contribution is 2.60. The molecule has 3 atom stereocenters. The van der Waals surface area contributed by atoms with Gasteiger partial charge < -0.3 is 14.2 Å². The second kappa shape index (κ2) is 6.63. The summed E-state index contributed by atoms with van der Waals surface area (Å²) >= 11 is 0. The summed E-state index contributed by atoms with van der Waals surface area (Å²) in [5.74, 6) is 1.02. The van der Waals surface area contributed by atoms with Crippen LogP contribution in [0.15, 0.2) is 12.2 Å². The van der Waals surface area contributed by atoms with Crippen LogP contribution in [0.25, 0.3) is 0 Å². The van der Waals surface area contributed by atoms with Crippen molar-refractivity contribution in [3.63, 3.8) is 0 Å². The van der Waals surface area contributed by atoms with Crippen LogP contribution in [0.1, 0.15) is 78.1 Å². The first kappa shape index (κ1) is 18.5. The predicted octanol–water partition coefficient (Wildman–Crippen LogP) is 4.56. The smallest absolute Gasteiger partial charge is 0.333 e. The number of esters is 1. The summed E-state index contributed by atoms with van der Waals surface area (Å²) < 4.78 is 18.7. The molecule has 26 heavy (non-hydrogen) atoms. The van der Waals surface area contributed by atoms with Gasteiger partial charge in [0.25, 0.3) is 0 Å². The molecule has 0 aromatic carbocycles. The van der Waals surface area contributed by atoms with Gasteiger partial charge in [-0.15, -0.1) is 0 Å². The molecule has 0 aromatic heterocycles. The van der Waals surface area contributed by atoms with Crippen molar-refractivity contribution in [1.29, 1.82) is 0 Å². The highest BCUT2D eigenvalue weighted by molar-refractivity contribution is 5.87. The predicted molar refractivity (Wildman–Crippen MR) is 99.8 cm³/mol. The average molecular weight is 363 g/mol. The molecule has 5 aliphatic rings. The Labute approximate surface area is 157 Å². The summed E-state index contributed by atoms with van der Waals surface area (Å²) in [6.07, 6.45) is 11.0. The van der Waals surface area contributed by atoms with Crippen LogP contribution in [-0.4, -0.2) is 36.0 Å². The van der Waals surface area contributed by atoms with E-state index in [2.05, 4.69) is 13.5 Å². The van der Waals surface area contributed by atoms with Gasteiger partial charge in [-0.2, -0.15) is 0 Å². The molecule has 4 bridgehead atoms. The first-order chi connectivity index (χ1) is 12.4. The van der Waals surface area contributed by atoms with E-state index in [9.17, 15) is 4.79 Å². The quantitative estimate of drug-likeness (QED) is 0.469. The monoisotopic (exact) mass is 362 g/mol. The Balaban J connectivity index is 1.46. The van der Waals surface area contributed by atoms with Crippen molar-refractivity contribution in [3.8, 4) is 0 Å². The van der Waals surface area contributed by atoms with Gasteiger partial charge in [0.2, 0.25) is 0 Å². The lowest BCUT2D eigenvalue weighted by atomic mass is 9.52. The summed E-state index contributed by atoms with van der Waals surface area (Å²) in [6, 6.07) is 0. The van der Waals surface area contributed by atoms with Crippen molar-refractivity contribution < 1.29 is 19.0 Å². The maximum Gasteiger partial charge on any atom is 0.333 e. The molecule has 0 spiro atoms. The van der Waals surface area contributed by atoms with E-state index in [-0.39, 0.29) is 22.8 Å². The zero-order valence-corrected chi connectivity index (χ0v) is 16.5. The fourth-order valence-corrected chi connectivity index (χ4v) is 6.23. The minimum Gasteiger partial charge on any atom is -0.456 e. The number of rotatable bonds is 8. The van der Waals surface area contributed by atoms with Gasteiger partial charge in [0, 0.05) is 18.4 Å². The van der Waals surface area contributed by atoms with Crippen molar-refractivity contribution in [1.82, 2.24) is 0 Å². The van der Waals surface area contributed by atoms with E-state index in [1.165, 1.54) is 19.3 Å². The van der Waals surface area contributed by atoms with Crippen molar-refractivity contribution >= 4 is 5.97 Å². The van der Waals surface area contributed by atoms with Crippen LogP contribution in [0.5, 0.6) is 0 Å². The largest absolute Gasteiger partial charge is 0.456 e. The molecule has 4 saturated carbocycles. The lowest BCUT2D eigenvalue weighted by Crippen LogP contribution is -2.62. The van der Waals surface area contributed by atoms with Gasteiger partial charge in [0.05, 0.1) is 24.4 Å². The third-order valence-corrected chi connectivity index (χ3v) is 7.20. The second-order valence-electron chi connectivity index (χ2n) is 9.67. The Kier molecular flexibility index (Phi) is 4.71. The van der Waals surface area contributed by atoms with Gasteiger partial charge in [-0.25, -0.2) is 4.79 Å². The van der Waals surface area contributed by atoms with Crippen LogP contribution in [0.4, 0.5) is 0 Å². The molecular formula is C22H34O4. The van der Waals surface area contributed by atoms with E-state index in [0.717, 1.165) is 51.6 Å². The van der Waals surface area contributed by atoms with Crippen molar-refractivity contribution in [3.05, 3.63) is 12.2 Å². The molecule has 0 radical (unpaired) electrons. The number of hydrogen-bond acceptors (Lipinski definition) is 4. The summed E-state index contributed by atoms with van der Waals surface area (Å²) in [5, 5.41) is 0. The Morgan fingerprint density at radius 1 is 1.19 bits per heavy atom. The summed E-state index contributed by atoms with van der Waals surface area (Å²) in [7, 11) is 0. The van der Waals surface area contributed by atoms with E-state index >= 15 is 0 Å². The summed E-state index contributed by atoms with van der Waals surface area (Å²) in [5.41, 5.74) is 0.00690. The van der Waals surface area contributed by atoms with Gasteiger partial charge >= 0.3 is 5.97 Å². The van der Waals surface area contributed by atoms with Gasteiger partial charge in [0.1, 0.15) is 5.60 Å². The average Bonchev–Trinajstić information content (AvgIpc) is 2.51. The third kappa shape index (κ3) is 3.35. The van der Waals surface area contributed by atoms with Crippen molar-refractivity contribution in [2.45, 2.75) is 94.9 Å². The van der Waals surface area contributed by atoms with E-state index in [0.29, 0.717) is 24.0 Å². The minimum atomic E-state index is -0.322. The van der Waals surface area contributed by atoms with Crippen molar-refractivity contribution in [2.75, 3.05) is 13.2 Å². The molecule has 1 heterocycles. The zero-order chi connectivity index (χ0) is 18.4. The minimum absolute atomic E-state index is 0.0547. The third-order valence-electron chi connectivity index (χ3n) is 7.20. The molecule has 146 valence electrons. The Bertz CT molecular complexity index is 563. The second-order valence-corrected chi connectivity index (χ2v) is 9.67. The van der Waals surface area contributed by atoms with Crippen LogP contribution in [0.2, 0.25) is 0 Å². The molecule has 0 aromatic rings. The molecule has 0 N–H and O–H groups in total. The zero-order valence-electron chi connectivity index (χ0n) is 16.5. The maximum absolute atomic E-state index is 12.2. The van der Waals surface area contributed by atoms with Crippen LogP contribution >= 0.6 is 0 Å². The topological polar surface area (TPSA) is 44.8 Å². The number of carbonyl (C=O) groups excluding carboxylic acids is 1. The molecule has 4 heteroatoms. The lowest BCUT2D eigenvalue weighted by molar-refractivity contribution is -0.263. The first-order valence-electron chi connectivity index (χ1n) is 10.5. The maximum atomic E-state index is 12.2. The number of unbranched alkanes of at least 4 members (excludes halogenated alkanes) is 1. The van der Waals surface area contributed by atoms with E-state index in [1.807, 2.05) is 0 Å². The molecule has 0 amide bonds. The fraction of sp³-hybridized carbons (Fsp3) is 0.864. The van der Waals surface area contributed by atoms with Crippen LogP contribution in [0, 0.1) is 11.8 Å². The number of hydrogen-bond donors (Lipinski definition) is 0. The van der Waals surface area contributed by atoms with Gasteiger partial charge in [0.15, 0.2) is 0 Å². The number of carbonyl (C=O) groups is 1. The van der Waals surface area contributed by atoms with E-state index in [4.69, 9.17) is 14.2 Å². The fourth-order valence-electron chi connectivity index (χ4n) is 6.23. The Morgan fingerprint density at radius 3 is 2.38 bits per heavy atom. The molecule has 1 saturated heterocycles. The Hall–Kier alpha value is -0.870.